The third kappa shape index (κ3) is 3.44. The zero-order valence-corrected chi connectivity index (χ0v) is 15.1. The standard InChI is InChI=1S/C20H22N4O2/c1-4-14(3)21-20(26)18-23-17(16-11-7-8-12-24(16)18)19(25)22-15-10-6-5-9-13(15)2/h5-12,14H,4H2,1-3H3,(H,21,26)(H,22,25). The van der Waals surface area contributed by atoms with Gasteiger partial charge in [-0.1, -0.05) is 31.2 Å². The van der Waals surface area contributed by atoms with Crippen molar-refractivity contribution in [3.05, 3.63) is 65.7 Å². The van der Waals surface area contributed by atoms with E-state index in [9.17, 15) is 9.59 Å². The monoisotopic (exact) mass is 350 g/mol. The molecule has 0 bridgehead atoms. The lowest BCUT2D eigenvalue weighted by Crippen LogP contribution is -2.33. The minimum atomic E-state index is -0.342. The quantitative estimate of drug-likeness (QED) is 0.740. The Hall–Kier alpha value is -3.15. The van der Waals surface area contributed by atoms with Gasteiger partial charge < -0.3 is 10.6 Å². The fourth-order valence-electron chi connectivity index (χ4n) is 2.65. The Morgan fingerprint density at radius 1 is 1.12 bits per heavy atom. The van der Waals surface area contributed by atoms with Gasteiger partial charge >= 0.3 is 0 Å². The number of pyridine rings is 1. The molecule has 6 heteroatoms. The summed E-state index contributed by atoms with van der Waals surface area (Å²) in [7, 11) is 0. The summed E-state index contributed by atoms with van der Waals surface area (Å²) in [4.78, 5) is 29.7. The molecule has 1 aromatic carbocycles. The molecular weight excluding hydrogens is 328 g/mol. The highest BCUT2D eigenvalue weighted by Gasteiger charge is 2.22. The van der Waals surface area contributed by atoms with Gasteiger partial charge in [-0.05, 0) is 44.0 Å². The summed E-state index contributed by atoms with van der Waals surface area (Å²) in [6, 6.07) is 13.0. The van der Waals surface area contributed by atoms with Gasteiger partial charge in [-0.2, -0.15) is 0 Å². The maximum Gasteiger partial charge on any atom is 0.287 e. The molecule has 2 heterocycles. The molecule has 3 rings (SSSR count). The summed E-state index contributed by atoms with van der Waals surface area (Å²) in [6.45, 7) is 5.85. The number of aryl methyl sites for hydroxylation is 1. The van der Waals surface area contributed by atoms with E-state index < -0.39 is 0 Å². The zero-order valence-electron chi connectivity index (χ0n) is 15.1. The molecule has 0 radical (unpaired) electrons. The number of imidazole rings is 1. The van der Waals surface area contributed by atoms with Crippen LogP contribution in [0.15, 0.2) is 48.7 Å². The van der Waals surface area contributed by atoms with Gasteiger partial charge in [0.2, 0.25) is 5.82 Å². The van der Waals surface area contributed by atoms with Gasteiger partial charge in [-0.3, -0.25) is 14.0 Å². The minimum Gasteiger partial charge on any atom is -0.347 e. The number of hydrogen-bond acceptors (Lipinski definition) is 3. The Morgan fingerprint density at radius 3 is 2.58 bits per heavy atom. The molecule has 0 saturated heterocycles. The molecule has 2 N–H and O–H groups in total. The number of anilines is 1. The van der Waals surface area contributed by atoms with Gasteiger partial charge in [0.05, 0.1) is 5.52 Å². The van der Waals surface area contributed by atoms with Gasteiger partial charge in [-0.15, -0.1) is 0 Å². The third-order valence-corrected chi connectivity index (χ3v) is 4.35. The number of carbonyl (C=O) groups excluding carboxylic acids is 2. The Kier molecular flexibility index (Phi) is 5.02. The average molecular weight is 350 g/mol. The molecule has 3 aromatic rings. The maximum atomic E-state index is 12.8. The normalized spacial score (nSPS) is 12.0. The van der Waals surface area contributed by atoms with E-state index in [1.165, 1.54) is 0 Å². The van der Waals surface area contributed by atoms with E-state index >= 15 is 0 Å². The van der Waals surface area contributed by atoms with Crippen LogP contribution in [0.25, 0.3) is 5.52 Å². The summed E-state index contributed by atoms with van der Waals surface area (Å²) < 4.78 is 1.64. The van der Waals surface area contributed by atoms with Gasteiger partial charge in [0.25, 0.3) is 11.8 Å². The highest BCUT2D eigenvalue weighted by molar-refractivity contribution is 6.09. The lowest BCUT2D eigenvalue weighted by atomic mass is 10.2. The minimum absolute atomic E-state index is 0.0304. The van der Waals surface area contributed by atoms with Crippen molar-refractivity contribution in [3.63, 3.8) is 0 Å². The molecule has 2 aromatic heterocycles. The van der Waals surface area contributed by atoms with Crippen molar-refractivity contribution in [2.75, 3.05) is 5.32 Å². The third-order valence-electron chi connectivity index (χ3n) is 4.35. The predicted molar refractivity (Wildman–Crippen MR) is 102 cm³/mol. The number of benzene rings is 1. The fraction of sp³-hybridized carbons (Fsp3) is 0.250. The van der Waals surface area contributed by atoms with Crippen LogP contribution in [-0.2, 0) is 0 Å². The zero-order chi connectivity index (χ0) is 18.7. The number of aromatic nitrogens is 2. The van der Waals surface area contributed by atoms with Gasteiger partial charge in [0.15, 0.2) is 5.69 Å². The van der Waals surface area contributed by atoms with Crippen LogP contribution < -0.4 is 10.6 Å². The lowest BCUT2D eigenvalue weighted by molar-refractivity contribution is 0.0928. The Labute approximate surface area is 152 Å². The van der Waals surface area contributed by atoms with Crippen LogP contribution >= 0.6 is 0 Å². The summed E-state index contributed by atoms with van der Waals surface area (Å²) >= 11 is 0. The largest absolute Gasteiger partial charge is 0.347 e. The van der Waals surface area contributed by atoms with Crippen LogP contribution in [0.3, 0.4) is 0 Å². The van der Waals surface area contributed by atoms with Crippen LogP contribution in [0.1, 0.15) is 46.9 Å². The van der Waals surface area contributed by atoms with Crippen molar-refractivity contribution >= 4 is 23.0 Å². The first-order valence-electron chi connectivity index (χ1n) is 8.66. The average Bonchev–Trinajstić information content (AvgIpc) is 3.03. The number of fused-ring (bicyclic) bond motifs is 1. The van der Waals surface area contributed by atoms with Gasteiger partial charge in [0.1, 0.15) is 0 Å². The summed E-state index contributed by atoms with van der Waals surface area (Å²) in [6.07, 6.45) is 2.55. The fourth-order valence-corrected chi connectivity index (χ4v) is 2.65. The van der Waals surface area contributed by atoms with Crippen LogP contribution in [0.2, 0.25) is 0 Å². The highest BCUT2D eigenvalue weighted by Crippen LogP contribution is 2.18. The van der Waals surface area contributed by atoms with E-state index in [1.54, 1.807) is 22.7 Å². The number of nitrogens with one attached hydrogen (secondary N) is 2. The molecule has 0 fully saturated rings. The topological polar surface area (TPSA) is 75.5 Å². The first-order chi connectivity index (χ1) is 12.5. The van der Waals surface area contributed by atoms with Crippen molar-refractivity contribution in [1.82, 2.24) is 14.7 Å². The number of amides is 2. The molecule has 134 valence electrons. The number of nitrogens with zero attached hydrogens (tertiary/aromatic N) is 2. The number of carbonyl (C=O) groups is 2. The molecule has 1 atom stereocenters. The van der Waals surface area contributed by atoms with Crippen molar-refractivity contribution < 1.29 is 9.59 Å². The summed E-state index contributed by atoms with van der Waals surface area (Å²) in [5, 5.41) is 5.77. The Morgan fingerprint density at radius 2 is 1.85 bits per heavy atom. The highest BCUT2D eigenvalue weighted by atomic mass is 16.2. The van der Waals surface area contributed by atoms with Gasteiger partial charge in [-0.25, -0.2) is 4.98 Å². The van der Waals surface area contributed by atoms with E-state index in [4.69, 9.17) is 0 Å². The van der Waals surface area contributed by atoms with Crippen LogP contribution in [0.5, 0.6) is 0 Å². The van der Waals surface area contributed by atoms with Crippen LogP contribution in [0.4, 0.5) is 5.69 Å². The second-order valence-corrected chi connectivity index (χ2v) is 6.29. The van der Waals surface area contributed by atoms with E-state index in [0.29, 0.717) is 5.52 Å². The second kappa shape index (κ2) is 7.39. The Balaban J connectivity index is 1.97. The first-order valence-corrected chi connectivity index (χ1v) is 8.66. The van der Waals surface area contributed by atoms with Crippen molar-refractivity contribution in [3.8, 4) is 0 Å². The lowest BCUT2D eigenvalue weighted by Gasteiger charge is -2.10. The molecular formula is C20H22N4O2. The van der Waals surface area contributed by atoms with Crippen LogP contribution in [0, 0.1) is 6.92 Å². The van der Waals surface area contributed by atoms with E-state index in [2.05, 4.69) is 15.6 Å². The Bertz CT molecular complexity index is 961. The van der Waals surface area contributed by atoms with Crippen molar-refractivity contribution in [1.29, 1.82) is 0 Å². The molecule has 0 spiro atoms. The predicted octanol–water partition coefficient (Wildman–Crippen LogP) is 3.42. The second-order valence-electron chi connectivity index (χ2n) is 6.29. The molecule has 0 aliphatic heterocycles. The number of para-hydroxylation sites is 1. The summed E-state index contributed by atoms with van der Waals surface area (Å²) in [5.74, 6) is -0.433. The number of rotatable bonds is 5. The first kappa shape index (κ1) is 17.7. The molecule has 6 nitrogen and oxygen atoms in total. The van der Waals surface area contributed by atoms with Crippen molar-refractivity contribution in [2.24, 2.45) is 0 Å². The molecule has 2 amide bonds. The van der Waals surface area contributed by atoms with E-state index in [1.807, 2.05) is 51.1 Å². The molecule has 1 unspecified atom stereocenters. The SMILES string of the molecule is CCC(C)NC(=O)c1nc(C(=O)Nc2ccccc2C)c2ccccn12. The molecule has 26 heavy (non-hydrogen) atoms. The van der Waals surface area contributed by atoms with E-state index in [0.717, 1.165) is 17.7 Å². The van der Waals surface area contributed by atoms with Crippen LogP contribution in [-0.4, -0.2) is 27.2 Å². The van der Waals surface area contributed by atoms with Gasteiger partial charge in [0, 0.05) is 17.9 Å². The van der Waals surface area contributed by atoms with E-state index in [-0.39, 0.29) is 29.4 Å². The number of hydrogen-bond donors (Lipinski definition) is 2. The molecule has 0 aliphatic rings. The molecule has 0 saturated carbocycles. The maximum absolute atomic E-state index is 12.8. The smallest absolute Gasteiger partial charge is 0.287 e. The van der Waals surface area contributed by atoms with Crippen molar-refractivity contribution in [2.45, 2.75) is 33.2 Å². The molecule has 0 aliphatic carbocycles. The summed E-state index contributed by atoms with van der Waals surface area (Å²) in [5.41, 5.74) is 2.50.